The third kappa shape index (κ3) is 3.25. The van der Waals surface area contributed by atoms with Crippen molar-refractivity contribution in [2.24, 2.45) is 5.92 Å². The van der Waals surface area contributed by atoms with Gasteiger partial charge in [0.05, 0.1) is 0 Å². The van der Waals surface area contributed by atoms with Crippen LogP contribution in [0, 0.1) is 5.92 Å². The summed E-state index contributed by atoms with van der Waals surface area (Å²) in [5, 5.41) is 7.11. The van der Waals surface area contributed by atoms with Crippen molar-refractivity contribution in [3.63, 3.8) is 0 Å². The van der Waals surface area contributed by atoms with Gasteiger partial charge in [-0.05, 0) is 38.8 Å². The molecule has 0 saturated carbocycles. The minimum Gasteiger partial charge on any atom is -0.317 e. The Morgan fingerprint density at radius 1 is 1.43 bits per heavy atom. The lowest BCUT2D eigenvalue weighted by Crippen LogP contribution is -2.47. The summed E-state index contributed by atoms with van der Waals surface area (Å²) in [4.78, 5) is 0. The van der Waals surface area contributed by atoms with Crippen molar-refractivity contribution < 1.29 is 0 Å². The van der Waals surface area contributed by atoms with E-state index in [-0.39, 0.29) is 0 Å². The summed E-state index contributed by atoms with van der Waals surface area (Å²) >= 11 is 0. The van der Waals surface area contributed by atoms with Crippen LogP contribution >= 0.6 is 0 Å². The monoisotopic (exact) mass is 198 g/mol. The molecule has 1 aliphatic rings. The van der Waals surface area contributed by atoms with Crippen LogP contribution in [0.15, 0.2) is 0 Å². The predicted octanol–water partition coefficient (Wildman–Crippen LogP) is 2.15. The van der Waals surface area contributed by atoms with E-state index in [1.807, 2.05) is 0 Å². The molecule has 0 aromatic rings. The summed E-state index contributed by atoms with van der Waals surface area (Å²) in [7, 11) is 2.10. The average Bonchev–Trinajstić information content (AvgIpc) is 2.26. The summed E-state index contributed by atoms with van der Waals surface area (Å²) in [5.41, 5.74) is 0. The van der Waals surface area contributed by atoms with Crippen LogP contribution < -0.4 is 10.6 Å². The molecule has 2 heteroatoms. The first-order valence-corrected chi connectivity index (χ1v) is 6.20. The molecule has 0 bridgehead atoms. The van der Waals surface area contributed by atoms with E-state index in [0.717, 1.165) is 12.0 Å². The Balaban J connectivity index is 2.38. The highest BCUT2D eigenvalue weighted by atomic mass is 15.0. The van der Waals surface area contributed by atoms with E-state index < -0.39 is 0 Å². The zero-order valence-electron chi connectivity index (χ0n) is 9.97. The second kappa shape index (κ2) is 6.41. The van der Waals surface area contributed by atoms with Crippen LogP contribution in [0.1, 0.15) is 46.0 Å². The molecule has 1 fully saturated rings. The molecule has 3 atom stereocenters. The molecule has 3 unspecified atom stereocenters. The van der Waals surface area contributed by atoms with Gasteiger partial charge in [0.15, 0.2) is 0 Å². The second-order valence-corrected chi connectivity index (χ2v) is 4.60. The van der Waals surface area contributed by atoms with E-state index in [0.29, 0.717) is 6.04 Å². The van der Waals surface area contributed by atoms with Gasteiger partial charge in [0.2, 0.25) is 0 Å². The van der Waals surface area contributed by atoms with E-state index in [1.54, 1.807) is 0 Å². The van der Waals surface area contributed by atoms with Crippen LogP contribution in [0.25, 0.3) is 0 Å². The predicted molar refractivity (Wildman–Crippen MR) is 62.6 cm³/mol. The average molecular weight is 198 g/mol. The first-order chi connectivity index (χ1) is 6.79. The van der Waals surface area contributed by atoms with Gasteiger partial charge in [-0.1, -0.05) is 26.7 Å². The quantitative estimate of drug-likeness (QED) is 0.707. The third-order valence-electron chi connectivity index (χ3n) is 3.59. The fraction of sp³-hybridized carbons (Fsp3) is 1.00. The third-order valence-corrected chi connectivity index (χ3v) is 3.59. The van der Waals surface area contributed by atoms with Crippen molar-refractivity contribution in [3.8, 4) is 0 Å². The number of rotatable bonds is 5. The Hall–Kier alpha value is -0.0800. The highest BCUT2D eigenvalue weighted by Gasteiger charge is 2.24. The Morgan fingerprint density at radius 3 is 2.71 bits per heavy atom. The highest BCUT2D eigenvalue weighted by molar-refractivity contribution is 4.84. The first-order valence-electron chi connectivity index (χ1n) is 6.20. The summed E-state index contributed by atoms with van der Waals surface area (Å²) in [6.07, 6.45) is 6.72. The minimum atomic E-state index is 0.690. The molecule has 1 aliphatic heterocycles. The molecule has 1 saturated heterocycles. The molecule has 0 amide bonds. The van der Waals surface area contributed by atoms with Gasteiger partial charge in [0, 0.05) is 12.1 Å². The Kier molecular flexibility index (Phi) is 5.49. The van der Waals surface area contributed by atoms with Gasteiger partial charge >= 0.3 is 0 Å². The SMILES string of the molecule is CCCC(NC)C(C)C1CCCCN1. The first kappa shape index (κ1) is 12.0. The largest absolute Gasteiger partial charge is 0.317 e. The molecular weight excluding hydrogens is 172 g/mol. The van der Waals surface area contributed by atoms with E-state index in [4.69, 9.17) is 0 Å². The molecule has 1 rings (SSSR count). The van der Waals surface area contributed by atoms with Crippen LogP contribution in [0.4, 0.5) is 0 Å². The zero-order valence-corrected chi connectivity index (χ0v) is 9.97. The van der Waals surface area contributed by atoms with Crippen LogP contribution in [0.2, 0.25) is 0 Å². The normalized spacial score (nSPS) is 27.2. The molecule has 14 heavy (non-hydrogen) atoms. The highest BCUT2D eigenvalue weighted by Crippen LogP contribution is 2.20. The van der Waals surface area contributed by atoms with E-state index >= 15 is 0 Å². The summed E-state index contributed by atoms with van der Waals surface area (Å²) in [6.45, 7) is 5.88. The topological polar surface area (TPSA) is 24.1 Å². The Bertz CT molecular complexity index is 137. The molecular formula is C12H26N2. The van der Waals surface area contributed by atoms with E-state index in [9.17, 15) is 0 Å². The lowest BCUT2D eigenvalue weighted by atomic mass is 9.86. The van der Waals surface area contributed by atoms with Crippen molar-refractivity contribution in [2.75, 3.05) is 13.6 Å². The number of nitrogens with one attached hydrogen (secondary N) is 2. The van der Waals surface area contributed by atoms with Gasteiger partial charge in [-0.25, -0.2) is 0 Å². The number of hydrogen-bond acceptors (Lipinski definition) is 2. The number of hydrogen-bond donors (Lipinski definition) is 2. The van der Waals surface area contributed by atoms with Gasteiger partial charge in [-0.2, -0.15) is 0 Å². The maximum Gasteiger partial charge on any atom is 0.0107 e. The van der Waals surface area contributed by atoms with Crippen LogP contribution in [-0.4, -0.2) is 25.7 Å². The van der Waals surface area contributed by atoms with Gasteiger partial charge < -0.3 is 10.6 Å². The van der Waals surface area contributed by atoms with Crippen LogP contribution in [-0.2, 0) is 0 Å². The van der Waals surface area contributed by atoms with Gasteiger partial charge in [-0.3, -0.25) is 0 Å². The zero-order chi connectivity index (χ0) is 10.4. The summed E-state index contributed by atoms with van der Waals surface area (Å²) < 4.78 is 0. The van der Waals surface area contributed by atoms with E-state index in [1.165, 1.54) is 38.6 Å². The summed E-state index contributed by atoms with van der Waals surface area (Å²) in [5.74, 6) is 0.764. The molecule has 84 valence electrons. The maximum atomic E-state index is 3.65. The van der Waals surface area contributed by atoms with E-state index in [2.05, 4.69) is 31.5 Å². The lowest BCUT2D eigenvalue weighted by Gasteiger charge is -2.34. The lowest BCUT2D eigenvalue weighted by molar-refractivity contribution is 0.248. The fourth-order valence-corrected chi connectivity index (χ4v) is 2.59. The maximum absolute atomic E-state index is 3.65. The number of piperidine rings is 1. The smallest absolute Gasteiger partial charge is 0.0107 e. The standard InChI is InChI=1S/C12H26N2/c1-4-7-11(13-3)10(2)12-8-5-6-9-14-12/h10-14H,4-9H2,1-3H3. The van der Waals surface area contributed by atoms with Crippen LogP contribution in [0.5, 0.6) is 0 Å². The molecule has 2 N–H and O–H groups in total. The minimum absolute atomic E-state index is 0.690. The molecule has 0 aliphatic carbocycles. The Morgan fingerprint density at radius 2 is 2.21 bits per heavy atom. The molecule has 2 nitrogen and oxygen atoms in total. The Labute approximate surface area is 88.8 Å². The molecule has 0 radical (unpaired) electrons. The van der Waals surface area contributed by atoms with Crippen molar-refractivity contribution in [3.05, 3.63) is 0 Å². The molecule has 0 aromatic carbocycles. The van der Waals surface area contributed by atoms with Crippen LogP contribution in [0.3, 0.4) is 0 Å². The van der Waals surface area contributed by atoms with Crippen molar-refractivity contribution in [2.45, 2.75) is 58.0 Å². The second-order valence-electron chi connectivity index (χ2n) is 4.60. The van der Waals surface area contributed by atoms with Gasteiger partial charge in [0.1, 0.15) is 0 Å². The van der Waals surface area contributed by atoms with Crippen molar-refractivity contribution in [1.82, 2.24) is 10.6 Å². The van der Waals surface area contributed by atoms with Gasteiger partial charge in [0.25, 0.3) is 0 Å². The van der Waals surface area contributed by atoms with Gasteiger partial charge in [-0.15, -0.1) is 0 Å². The summed E-state index contributed by atoms with van der Waals surface area (Å²) in [6, 6.07) is 1.43. The van der Waals surface area contributed by atoms with Crippen molar-refractivity contribution in [1.29, 1.82) is 0 Å². The molecule has 0 spiro atoms. The fourth-order valence-electron chi connectivity index (χ4n) is 2.59. The van der Waals surface area contributed by atoms with Crippen molar-refractivity contribution >= 4 is 0 Å². The molecule has 0 aromatic heterocycles. The molecule has 1 heterocycles.